The summed E-state index contributed by atoms with van der Waals surface area (Å²) in [6.45, 7) is 18.1. The summed E-state index contributed by atoms with van der Waals surface area (Å²) in [5.41, 5.74) is 0. The molecule has 3 saturated heterocycles. The maximum Gasteiger partial charge on any atom is 0.129 e. The smallest absolute Gasteiger partial charge is 0.129 e. The Morgan fingerprint density at radius 3 is 1.08 bits per heavy atom. The number of hydrogen-bond acceptors (Lipinski definition) is 2. The van der Waals surface area contributed by atoms with E-state index in [2.05, 4.69) is 9.80 Å². The lowest BCUT2D eigenvalue weighted by molar-refractivity contribution is -1.03. The van der Waals surface area contributed by atoms with Gasteiger partial charge in [-0.3, -0.25) is 9.80 Å². The molecule has 3 fully saturated rings. The van der Waals surface area contributed by atoms with E-state index in [1.807, 2.05) is 0 Å². The zero-order valence-corrected chi connectivity index (χ0v) is 17.6. The van der Waals surface area contributed by atoms with Crippen LogP contribution in [0.4, 0.5) is 0 Å². The molecule has 144 valence electrons. The molecule has 0 unspecified atom stereocenters. The van der Waals surface area contributed by atoms with E-state index < -0.39 is 0 Å². The summed E-state index contributed by atoms with van der Waals surface area (Å²) in [5, 5.41) is 0. The number of quaternary nitrogens is 2. The highest BCUT2D eigenvalue weighted by atomic mass is 35.5. The molecule has 8 heteroatoms. The fourth-order valence-electron chi connectivity index (χ4n) is 4.51. The van der Waals surface area contributed by atoms with E-state index in [1.165, 1.54) is 87.5 Å². The van der Waals surface area contributed by atoms with Crippen molar-refractivity contribution in [3.05, 3.63) is 0 Å². The Balaban J connectivity index is 0.00000144. The van der Waals surface area contributed by atoms with Crippen LogP contribution in [-0.4, -0.2) is 122 Å². The van der Waals surface area contributed by atoms with E-state index in [0.29, 0.717) is 0 Å². The standard InChI is InChI=1S/C16H32Cl2N4.2ClH/c17-1-3-19-5-9-21(10-6-19)13-15-22(16-14-21)11-7-20(4-2-18)8-12-22;;/h1-16H2;2*1H/q+2;;/p-2. The van der Waals surface area contributed by atoms with Crippen LogP contribution in [-0.2, 0) is 0 Å². The zero-order valence-electron chi connectivity index (χ0n) is 14.6. The van der Waals surface area contributed by atoms with Gasteiger partial charge in [0.15, 0.2) is 0 Å². The number of alkyl halides is 2. The number of nitrogens with zero attached hydrogens (tertiary/aromatic N) is 4. The van der Waals surface area contributed by atoms with Gasteiger partial charge in [-0.2, -0.15) is 0 Å². The van der Waals surface area contributed by atoms with Crippen LogP contribution in [0.2, 0.25) is 0 Å². The van der Waals surface area contributed by atoms with Crippen molar-refractivity contribution < 1.29 is 33.8 Å². The predicted octanol–water partition coefficient (Wildman–Crippen LogP) is -5.25. The largest absolute Gasteiger partial charge is 1.00 e. The quantitative estimate of drug-likeness (QED) is 0.330. The minimum atomic E-state index is 0. The second-order valence-corrected chi connectivity index (χ2v) is 8.29. The van der Waals surface area contributed by atoms with E-state index in [4.69, 9.17) is 23.2 Å². The minimum absolute atomic E-state index is 0. The molecule has 3 aliphatic heterocycles. The molecular formula is C16H32Cl4N4. The summed E-state index contributed by atoms with van der Waals surface area (Å²) in [4.78, 5) is 5.08. The molecule has 0 bridgehead atoms. The average molecular weight is 422 g/mol. The topological polar surface area (TPSA) is 6.48 Å². The Morgan fingerprint density at radius 2 is 0.833 bits per heavy atom. The number of rotatable bonds is 4. The summed E-state index contributed by atoms with van der Waals surface area (Å²) in [7, 11) is 0. The molecule has 0 atom stereocenters. The third kappa shape index (κ3) is 5.50. The first-order chi connectivity index (χ1) is 10.7. The number of hydrogen-bond donors (Lipinski definition) is 0. The fourth-order valence-corrected chi connectivity index (χ4v) is 4.99. The molecule has 0 aromatic carbocycles. The van der Waals surface area contributed by atoms with Gasteiger partial charge in [-0.15, -0.1) is 23.2 Å². The van der Waals surface area contributed by atoms with Gasteiger partial charge in [0, 0.05) is 51.0 Å². The van der Waals surface area contributed by atoms with Crippen molar-refractivity contribution in [2.45, 2.75) is 0 Å². The van der Waals surface area contributed by atoms with Crippen LogP contribution >= 0.6 is 23.2 Å². The molecule has 24 heavy (non-hydrogen) atoms. The number of piperazine rings is 3. The molecule has 3 heterocycles. The Morgan fingerprint density at radius 1 is 0.542 bits per heavy atom. The lowest BCUT2D eigenvalue weighted by atomic mass is 10.1. The SMILES string of the molecule is ClCCN1CC[N+]2(CC1)CC[N+]1(CCN(CCCl)CC1)CC2.[Cl-].[Cl-]. The van der Waals surface area contributed by atoms with Crippen molar-refractivity contribution in [2.75, 3.05) is 103 Å². The van der Waals surface area contributed by atoms with Gasteiger partial charge in [-0.05, 0) is 0 Å². The van der Waals surface area contributed by atoms with Gasteiger partial charge in [-0.1, -0.05) is 0 Å². The monoisotopic (exact) mass is 420 g/mol. The van der Waals surface area contributed by atoms with Crippen molar-refractivity contribution in [3.8, 4) is 0 Å². The second-order valence-electron chi connectivity index (χ2n) is 7.53. The van der Waals surface area contributed by atoms with Crippen LogP contribution < -0.4 is 24.8 Å². The lowest BCUT2D eigenvalue weighted by Crippen LogP contribution is -3.00. The molecule has 3 rings (SSSR count). The molecule has 0 N–H and O–H groups in total. The second kappa shape index (κ2) is 10.4. The average Bonchev–Trinajstić information content (AvgIpc) is 2.56. The maximum absolute atomic E-state index is 5.88. The van der Waals surface area contributed by atoms with E-state index in [-0.39, 0.29) is 24.8 Å². The van der Waals surface area contributed by atoms with Crippen LogP contribution in [0.25, 0.3) is 0 Å². The first-order valence-corrected chi connectivity index (χ1v) is 10.0. The Hall–Kier alpha value is 1.00. The van der Waals surface area contributed by atoms with Gasteiger partial charge in [0.1, 0.15) is 26.2 Å². The normalized spacial score (nSPS) is 26.8. The molecule has 0 saturated carbocycles. The van der Waals surface area contributed by atoms with Crippen LogP contribution in [0, 0.1) is 0 Å². The highest BCUT2D eigenvalue weighted by Crippen LogP contribution is 2.24. The molecule has 3 aliphatic rings. The van der Waals surface area contributed by atoms with Crippen molar-refractivity contribution in [1.82, 2.24) is 9.80 Å². The van der Waals surface area contributed by atoms with Gasteiger partial charge in [0.05, 0.1) is 26.2 Å². The van der Waals surface area contributed by atoms with E-state index >= 15 is 0 Å². The lowest BCUT2D eigenvalue weighted by Gasteiger charge is -2.54. The Bertz CT molecular complexity index is 310. The molecule has 0 aliphatic carbocycles. The summed E-state index contributed by atoms with van der Waals surface area (Å²) in [6, 6.07) is 0. The third-order valence-corrected chi connectivity index (χ3v) is 6.80. The molecule has 0 aromatic rings. The predicted molar refractivity (Wildman–Crippen MR) is 93.8 cm³/mol. The zero-order chi connectivity index (χ0) is 15.5. The highest BCUT2D eigenvalue weighted by molar-refractivity contribution is 6.18. The first-order valence-electron chi connectivity index (χ1n) is 8.96. The molecule has 2 spiro atoms. The van der Waals surface area contributed by atoms with E-state index in [9.17, 15) is 0 Å². The molecular weight excluding hydrogens is 390 g/mol. The molecule has 0 aromatic heterocycles. The molecule has 0 radical (unpaired) electrons. The fraction of sp³-hybridized carbons (Fsp3) is 1.00. The Kier molecular flexibility index (Phi) is 9.95. The van der Waals surface area contributed by atoms with Crippen LogP contribution in [0.1, 0.15) is 0 Å². The van der Waals surface area contributed by atoms with Crippen LogP contribution in [0.5, 0.6) is 0 Å². The summed E-state index contributed by atoms with van der Waals surface area (Å²) in [5.74, 6) is 1.55. The van der Waals surface area contributed by atoms with Crippen LogP contribution in [0.3, 0.4) is 0 Å². The maximum atomic E-state index is 5.88. The minimum Gasteiger partial charge on any atom is -1.00 e. The van der Waals surface area contributed by atoms with Crippen LogP contribution in [0.15, 0.2) is 0 Å². The van der Waals surface area contributed by atoms with Gasteiger partial charge in [0.25, 0.3) is 0 Å². The summed E-state index contributed by atoms with van der Waals surface area (Å²) in [6.07, 6.45) is 0. The van der Waals surface area contributed by atoms with E-state index in [1.54, 1.807) is 0 Å². The third-order valence-electron chi connectivity index (χ3n) is 6.46. The first kappa shape index (κ1) is 23.0. The molecule has 4 nitrogen and oxygen atoms in total. The van der Waals surface area contributed by atoms with Gasteiger partial charge in [-0.25, -0.2) is 0 Å². The van der Waals surface area contributed by atoms with Gasteiger partial charge in [0.2, 0.25) is 0 Å². The van der Waals surface area contributed by atoms with Crippen molar-refractivity contribution in [2.24, 2.45) is 0 Å². The van der Waals surface area contributed by atoms with Gasteiger partial charge < -0.3 is 33.8 Å². The van der Waals surface area contributed by atoms with Crippen molar-refractivity contribution >= 4 is 23.2 Å². The van der Waals surface area contributed by atoms with E-state index in [0.717, 1.165) is 24.8 Å². The van der Waals surface area contributed by atoms with Gasteiger partial charge >= 0.3 is 0 Å². The Labute approximate surface area is 170 Å². The van der Waals surface area contributed by atoms with Crippen molar-refractivity contribution in [3.63, 3.8) is 0 Å². The van der Waals surface area contributed by atoms with Crippen molar-refractivity contribution in [1.29, 1.82) is 0 Å². The summed E-state index contributed by atoms with van der Waals surface area (Å²) >= 11 is 11.8. The summed E-state index contributed by atoms with van der Waals surface area (Å²) < 4.78 is 2.76. The highest BCUT2D eigenvalue weighted by Gasteiger charge is 2.44. The molecule has 0 amide bonds. The number of halogens is 4.